The number of hydrogen-bond acceptors (Lipinski definition) is 2. The smallest absolute Gasteiger partial charge is 0.0110 e. The molecule has 0 heterocycles. The first-order valence-electron chi connectivity index (χ1n) is 8.90. The molecule has 0 aromatic rings. The zero-order valence-electron chi connectivity index (χ0n) is 14.8. The Morgan fingerprint density at radius 3 is 2.40 bits per heavy atom. The summed E-state index contributed by atoms with van der Waals surface area (Å²) in [4.78, 5) is 2.72. The quantitative estimate of drug-likeness (QED) is 0.673. The Hall–Kier alpha value is -0.0800. The lowest BCUT2D eigenvalue weighted by molar-refractivity contribution is 0.0888. The van der Waals surface area contributed by atoms with Crippen LogP contribution in [0.25, 0.3) is 0 Å². The Morgan fingerprint density at radius 1 is 1.15 bits per heavy atom. The molecule has 0 aromatic carbocycles. The van der Waals surface area contributed by atoms with Crippen LogP contribution in [0.5, 0.6) is 0 Å². The summed E-state index contributed by atoms with van der Waals surface area (Å²) in [6, 6.07) is 1.39. The molecular weight excluding hydrogens is 244 g/mol. The minimum Gasteiger partial charge on any atom is -0.317 e. The third kappa shape index (κ3) is 5.37. The van der Waals surface area contributed by atoms with Crippen molar-refractivity contribution in [3.63, 3.8) is 0 Å². The lowest BCUT2D eigenvalue weighted by Crippen LogP contribution is -2.49. The molecule has 120 valence electrons. The Kier molecular flexibility index (Phi) is 8.13. The fourth-order valence-corrected chi connectivity index (χ4v) is 3.95. The standard InChI is InChI=1S/C18H38N2/c1-7-8-9-10-20(14(2)3)13-17-16(5)11-15(4)12-18(17)19-6/h14-19H,7-13H2,1-6H3. The maximum absolute atomic E-state index is 3.60. The van der Waals surface area contributed by atoms with Crippen LogP contribution in [0.15, 0.2) is 0 Å². The van der Waals surface area contributed by atoms with E-state index in [0.717, 1.165) is 17.8 Å². The molecule has 1 rings (SSSR count). The summed E-state index contributed by atoms with van der Waals surface area (Å²) < 4.78 is 0. The molecule has 0 bridgehead atoms. The first kappa shape index (κ1) is 18.0. The average Bonchev–Trinajstić information content (AvgIpc) is 2.39. The van der Waals surface area contributed by atoms with Crippen molar-refractivity contribution in [3.8, 4) is 0 Å². The molecular formula is C18H38N2. The van der Waals surface area contributed by atoms with Crippen molar-refractivity contribution in [1.29, 1.82) is 0 Å². The van der Waals surface area contributed by atoms with Gasteiger partial charge in [0.05, 0.1) is 0 Å². The van der Waals surface area contributed by atoms with Gasteiger partial charge in [0, 0.05) is 18.6 Å². The molecule has 2 nitrogen and oxygen atoms in total. The summed E-state index contributed by atoms with van der Waals surface area (Å²) in [6.45, 7) is 14.4. The van der Waals surface area contributed by atoms with Gasteiger partial charge >= 0.3 is 0 Å². The van der Waals surface area contributed by atoms with Crippen molar-refractivity contribution in [2.75, 3.05) is 20.1 Å². The highest BCUT2D eigenvalue weighted by atomic mass is 15.1. The van der Waals surface area contributed by atoms with Gasteiger partial charge in [0.1, 0.15) is 0 Å². The third-order valence-electron chi connectivity index (χ3n) is 5.27. The largest absolute Gasteiger partial charge is 0.317 e. The minimum absolute atomic E-state index is 0.677. The van der Waals surface area contributed by atoms with Crippen molar-refractivity contribution in [1.82, 2.24) is 10.2 Å². The van der Waals surface area contributed by atoms with E-state index in [1.54, 1.807) is 0 Å². The van der Waals surface area contributed by atoms with E-state index in [1.165, 1.54) is 45.2 Å². The average molecular weight is 283 g/mol. The summed E-state index contributed by atoms with van der Waals surface area (Å²) in [5.41, 5.74) is 0. The highest BCUT2D eigenvalue weighted by Gasteiger charge is 2.34. The van der Waals surface area contributed by atoms with Crippen molar-refractivity contribution in [2.24, 2.45) is 17.8 Å². The van der Waals surface area contributed by atoms with Crippen LogP contribution < -0.4 is 5.32 Å². The Balaban J connectivity index is 2.59. The topological polar surface area (TPSA) is 15.3 Å². The lowest BCUT2D eigenvalue weighted by Gasteiger charge is -2.43. The van der Waals surface area contributed by atoms with Crippen molar-refractivity contribution < 1.29 is 0 Å². The molecule has 1 saturated carbocycles. The van der Waals surface area contributed by atoms with Crippen LogP contribution in [-0.4, -0.2) is 37.1 Å². The molecule has 1 fully saturated rings. The molecule has 20 heavy (non-hydrogen) atoms. The van der Waals surface area contributed by atoms with E-state index in [-0.39, 0.29) is 0 Å². The second-order valence-electron chi connectivity index (χ2n) is 7.41. The molecule has 1 N–H and O–H groups in total. The Bertz CT molecular complexity index is 252. The van der Waals surface area contributed by atoms with E-state index in [0.29, 0.717) is 12.1 Å². The molecule has 0 saturated heterocycles. The highest BCUT2D eigenvalue weighted by Crippen LogP contribution is 2.34. The van der Waals surface area contributed by atoms with Gasteiger partial charge in [0.25, 0.3) is 0 Å². The van der Waals surface area contributed by atoms with E-state index >= 15 is 0 Å². The Morgan fingerprint density at radius 2 is 1.85 bits per heavy atom. The molecule has 0 amide bonds. The van der Waals surface area contributed by atoms with Gasteiger partial charge in [-0.3, -0.25) is 0 Å². The SMILES string of the molecule is CCCCCN(CC1C(C)CC(C)CC1NC)C(C)C. The number of hydrogen-bond donors (Lipinski definition) is 1. The van der Waals surface area contributed by atoms with Crippen LogP contribution in [0, 0.1) is 17.8 Å². The molecule has 1 aliphatic rings. The van der Waals surface area contributed by atoms with Gasteiger partial charge in [-0.05, 0) is 64.5 Å². The first-order chi connectivity index (χ1) is 9.49. The molecule has 0 aliphatic heterocycles. The van der Waals surface area contributed by atoms with Crippen LogP contribution in [0.2, 0.25) is 0 Å². The van der Waals surface area contributed by atoms with Gasteiger partial charge in [0.2, 0.25) is 0 Å². The van der Waals surface area contributed by atoms with Gasteiger partial charge in [0.15, 0.2) is 0 Å². The third-order valence-corrected chi connectivity index (χ3v) is 5.27. The van der Waals surface area contributed by atoms with Crippen LogP contribution in [0.4, 0.5) is 0 Å². The van der Waals surface area contributed by atoms with E-state index in [4.69, 9.17) is 0 Å². The van der Waals surface area contributed by atoms with Gasteiger partial charge in [-0.2, -0.15) is 0 Å². The summed E-state index contributed by atoms with van der Waals surface area (Å²) in [5.74, 6) is 2.55. The summed E-state index contributed by atoms with van der Waals surface area (Å²) >= 11 is 0. The summed E-state index contributed by atoms with van der Waals surface area (Å²) in [7, 11) is 2.15. The van der Waals surface area contributed by atoms with Gasteiger partial charge in [-0.1, -0.05) is 33.6 Å². The van der Waals surface area contributed by atoms with Crippen LogP contribution in [-0.2, 0) is 0 Å². The molecule has 0 spiro atoms. The van der Waals surface area contributed by atoms with E-state index < -0.39 is 0 Å². The van der Waals surface area contributed by atoms with Crippen LogP contribution >= 0.6 is 0 Å². The molecule has 1 aliphatic carbocycles. The number of nitrogens with one attached hydrogen (secondary N) is 1. The summed E-state index contributed by atoms with van der Waals surface area (Å²) in [6.07, 6.45) is 6.81. The lowest BCUT2D eigenvalue weighted by atomic mass is 9.72. The first-order valence-corrected chi connectivity index (χ1v) is 8.90. The second-order valence-corrected chi connectivity index (χ2v) is 7.41. The number of unbranched alkanes of at least 4 members (excludes halogenated alkanes) is 2. The number of rotatable bonds is 8. The van der Waals surface area contributed by atoms with Crippen molar-refractivity contribution in [2.45, 2.75) is 78.8 Å². The van der Waals surface area contributed by atoms with E-state index in [1.807, 2.05) is 0 Å². The second kappa shape index (κ2) is 9.04. The predicted octanol–water partition coefficient (Wildman–Crippen LogP) is 4.16. The van der Waals surface area contributed by atoms with E-state index in [2.05, 4.69) is 51.9 Å². The zero-order chi connectivity index (χ0) is 15.1. The maximum atomic E-state index is 3.60. The van der Waals surface area contributed by atoms with Crippen LogP contribution in [0.1, 0.15) is 66.7 Å². The van der Waals surface area contributed by atoms with E-state index in [9.17, 15) is 0 Å². The fourth-order valence-electron chi connectivity index (χ4n) is 3.95. The van der Waals surface area contributed by atoms with Gasteiger partial charge in [-0.25, -0.2) is 0 Å². The highest BCUT2D eigenvalue weighted by molar-refractivity contribution is 4.89. The molecule has 0 aromatic heterocycles. The van der Waals surface area contributed by atoms with Crippen LogP contribution in [0.3, 0.4) is 0 Å². The Labute approximate surface area is 127 Å². The van der Waals surface area contributed by atoms with Crippen molar-refractivity contribution in [3.05, 3.63) is 0 Å². The van der Waals surface area contributed by atoms with Crippen molar-refractivity contribution >= 4 is 0 Å². The molecule has 0 radical (unpaired) electrons. The molecule has 4 atom stereocenters. The van der Waals surface area contributed by atoms with Gasteiger partial charge in [-0.15, -0.1) is 0 Å². The summed E-state index contributed by atoms with van der Waals surface area (Å²) in [5, 5.41) is 3.60. The zero-order valence-corrected chi connectivity index (χ0v) is 14.8. The maximum Gasteiger partial charge on any atom is 0.0110 e. The fraction of sp³-hybridized carbons (Fsp3) is 1.00. The number of nitrogens with zero attached hydrogens (tertiary/aromatic N) is 1. The van der Waals surface area contributed by atoms with Gasteiger partial charge < -0.3 is 10.2 Å². The molecule has 4 unspecified atom stereocenters. The predicted molar refractivity (Wildman–Crippen MR) is 90.1 cm³/mol. The monoisotopic (exact) mass is 282 g/mol. The minimum atomic E-state index is 0.677. The normalized spacial score (nSPS) is 31.2. The molecule has 2 heteroatoms.